The van der Waals surface area contributed by atoms with Gasteiger partial charge in [-0.25, -0.2) is 8.42 Å². The Hall–Kier alpha value is -0.0500. The van der Waals surface area contributed by atoms with Crippen molar-refractivity contribution < 1.29 is 8.42 Å². The van der Waals surface area contributed by atoms with Crippen LogP contribution < -0.4 is 0 Å². The molecule has 0 spiro atoms. The third-order valence-corrected chi connectivity index (χ3v) is 8.04. The van der Waals surface area contributed by atoms with E-state index >= 15 is 0 Å². The summed E-state index contributed by atoms with van der Waals surface area (Å²) >= 11 is 0. The molecule has 1 rings (SSSR count). The summed E-state index contributed by atoms with van der Waals surface area (Å²) in [7, 11) is -2.88. The van der Waals surface area contributed by atoms with Crippen molar-refractivity contribution in [3.05, 3.63) is 0 Å². The first-order valence-corrected chi connectivity index (χ1v) is 11.5. The van der Waals surface area contributed by atoms with Gasteiger partial charge in [0, 0.05) is 0 Å². The zero-order chi connectivity index (χ0) is 16.3. The van der Waals surface area contributed by atoms with Crippen molar-refractivity contribution >= 4 is 9.84 Å². The quantitative estimate of drug-likeness (QED) is 0.386. The third-order valence-electron chi connectivity index (χ3n) is 5.24. The Labute approximate surface area is 139 Å². The lowest BCUT2D eigenvalue weighted by atomic mass is 10.0. The molecule has 0 bridgehead atoms. The van der Waals surface area contributed by atoms with E-state index in [4.69, 9.17) is 0 Å². The van der Waals surface area contributed by atoms with Crippen LogP contribution in [-0.4, -0.2) is 18.9 Å². The SMILES string of the molecule is CCCCCCCC(CCCCCC)S(=O)(=O)C1CCCC1. The first kappa shape index (κ1) is 20.0. The van der Waals surface area contributed by atoms with Gasteiger partial charge < -0.3 is 0 Å². The Bertz CT molecular complexity index is 356. The van der Waals surface area contributed by atoms with Crippen LogP contribution in [0.3, 0.4) is 0 Å². The van der Waals surface area contributed by atoms with E-state index < -0.39 is 9.84 Å². The number of rotatable bonds is 13. The lowest BCUT2D eigenvalue weighted by molar-refractivity contribution is 0.510. The van der Waals surface area contributed by atoms with E-state index in [1.807, 2.05) is 0 Å². The number of sulfone groups is 1. The minimum absolute atomic E-state index is 0.0145. The van der Waals surface area contributed by atoms with Gasteiger partial charge in [-0.1, -0.05) is 84.5 Å². The van der Waals surface area contributed by atoms with Crippen LogP contribution in [0.15, 0.2) is 0 Å². The molecule has 3 heteroatoms. The van der Waals surface area contributed by atoms with Gasteiger partial charge in [0.25, 0.3) is 0 Å². The van der Waals surface area contributed by atoms with Crippen LogP contribution in [-0.2, 0) is 9.84 Å². The molecule has 1 atom stereocenters. The maximum atomic E-state index is 12.9. The van der Waals surface area contributed by atoms with Crippen molar-refractivity contribution in [2.45, 2.75) is 121 Å². The molecule has 2 nitrogen and oxygen atoms in total. The molecule has 0 saturated heterocycles. The van der Waals surface area contributed by atoms with Gasteiger partial charge >= 0.3 is 0 Å². The maximum absolute atomic E-state index is 12.9. The molecule has 1 aliphatic carbocycles. The average Bonchev–Trinajstić information content (AvgIpc) is 3.04. The molecule has 1 unspecified atom stereocenters. The zero-order valence-corrected chi connectivity index (χ0v) is 15.8. The lowest BCUT2D eigenvalue weighted by Gasteiger charge is -2.22. The van der Waals surface area contributed by atoms with E-state index in [1.165, 1.54) is 44.9 Å². The topological polar surface area (TPSA) is 34.1 Å². The summed E-state index contributed by atoms with van der Waals surface area (Å²) in [6, 6.07) is 0. The molecule has 0 radical (unpaired) electrons. The van der Waals surface area contributed by atoms with Gasteiger partial charge in [-0.3, -0.25) is 0 Å². The summed E-state index contributed by atoms with van der Waals surface area (Å²) in [4.78, 5) is 0. The van der Waals surface area contributed by atoms with Gasteiger partial charge in [0.05, 0.1) is 10.5 Å². The molecular formula is C19H38O2S. The number of hydrogen-bond donors (Lipinski definition) is 0. The largest absolute Gasteiger partial charge is 0.228 e. The summed E-state index contributed by atoms with van der Waals surface area (Å²) in [5.74, 6) is 0. The fraction of sp³-hybridized carbons (Fsp3) is 1.00. The molecule has 0 aromatic rings. The minimum atomic E-state index is -2.88. The Kier molecular flexibility index (Phi) is 10.4. The van der Waals surface area contributed by atoms with Crippen LogP contribution in [0, 0.1) is 0 Å². The summed E-state index contributed by atoms with van der Waals surface area (Å²) < 4.78 is 25.8. The van der Waals surface area contributed by atoms with Gasteiger partial charge in [0.1, 0.15) is 0 Å². The molecule has 0 aromatic heterocycles. The van der Waals surface area contributed by atoms with Crippen LogP contribution in [0.4, 0.5) is 0 Å². The Morgan fingerprint density at radius 3 is 1.73 bits per heavy atom. The molecule has 0 aliphatic heterocycles. The zero-order valence-electron chi connectivity index (χ0n) is 15.0. The average molecular weight is 331 g/mol. The predicted octanol–water partition coefficient (Wildman–Crippen LogP) is 6.04. The molecule has 1 aliphatic rings. The first-order chi connectivity index (χ1) is 10.6. The highest BCUT2D eigenvalue weighted by Gasteiger charge is 2.34. The van der Waals surface area contributed by atoms with Crippen molar-refractivity contribution in [1.29, 1.82) is 0 Å². The van der Waals surface area contributed by atoms with Gasteiger partial charge in [0.2, 0.25) is 0 Å². The summed E-state index contributed by atoms with van der Waals surface area (Å²) in [5, 5.41) is -0.0617. The van der Waals surface area contributed by atoms with Crippen molar-refractivity contribution in [2.24, 2.45) is 0 Å². The highest BCUT2D eigenvalue weighted by Crippen LogP contribution is 2.31. The Morgan fingerprint density at radius 1 is 0.773 bits per heavy atom. The molecule has 22 heavy (non-hydrogen) atoms. The predicted molar refractivity (Wildman–Crippen MR) is 97.1 cm³/mol. The van der Waals surface area contributed by atoms with Crippen molar-refractivity contribution in [3.63, 3.8) is 0 Å². The first-order valence-electron chi connectivity index (χ1n) is 9.85. The second kappa shape index (κ2) is 11.5. The molecule has 132 valence electrons. The van der Waals surface area contributed by atoms with E-state index in [-0.39, 0.29) is 10.5 Å². The number of hydrogen-bond acceptors (Lipinski definition) is 2. The van der Waals surface area contributed by atoms with Crippen molar-refractivity contribution in [3.8, 4) is 0 Å². The minimum Gasteiger partial charge on any atom is -0.228 e. The lowest BCUT2D eigenvalue weighted by Crippen LogP contribution is -2.30. The van der Waals surface area contributed by atoms with Crippen LogP contribution >= 0.6 is 0 Å². The van der Waals surface area contributed by atoms with Gasteiger partial charge in [-0.05, 0) is 25.7 Å². The second-order valence-electron chi connectivity index (χ2n) is 7.17. The van der Waals surface area contributed by atoms with E-state index in [0.29, 0.717) is 0 Å². The summed E-state index contributed by atoms with van der Waals surface area (Å²) in [6.45, 7) is 4.43. The molecule has 0 amide bonds. The van der Waals surface area contributed by atoms with E-state index in [0.717, 1.165) is 51.4 Å². The molecule has 1 saturated carbocycles. The highest BCUT2D eigenvalue weighted by molar-refractivity contribution is 7.92. The molecular weight excluding hydrogens is 292 g/mol. The summed E-state index contributed by atoms with van der Waals surface area (Å²) in [6.07, 6.45) is 16.8. The Morgan fingerprint density at radius 2 is 1.23 bits per heavy atom. The van der Waals surface area contributed by atoms with Gasteiger partial charge in [0.15, 0.2) is 9.84 Å². The summed E-state index contributed by atoms with van der Waals surface area (Å²) in [5.41, 5.74) is 0. The third kappa shape index (κ3) is 7.02. The van der Waals surface area contributed by atoms with Crippen LogP contribution in [0.5, 0.6) is 0 Å². The van der Waals surface area contributed by atoms with Gasteiger partial charge in [-0.15, -0.1) is 0 Å². The molecule has 0 N–H and O–H groups in total. The van der Waals surface area contributed by atoms with Crippen LogP contribution in [0.25, 0.3) is 0 Å². The smallest absolute Gasteiger partial charge is 0.156 e. The molecule has 0 heterocycles. The van der Waals surface area contributed by atoms with Crippen molar-refractivity contribution in [2.75, 3.05) is 0 Å². The van der Waals surface area contributed by atoms with E-state index in [1.54, 1.807) is 0 Å². The fourth-order valence-corrected chi connectivity index (χ4v) is 6.26. The highest BCUT2D eigenvalue weighted by atomic mass is 32.2. The van der Waals surface area contributed by atoms with Gasteiger partial charge in [-0.2, -0.15) is 0 Å². The Balaban J connectivity index is 2.48. The molecule has 0 aromatic carbocycles. The van der Waals surface area contributed by atoms with Crippen LogP contribution in [0.1, 0.15) is 110 Å². The second-order valence-corrected chi connectivity index (χ2v) is 9.68. The van der Waals surface area contributed by atoms with E-state index in [2.05, 4.69) is 13.8 Å². The monoisotopic (exact) mass is 330 g/mol. The molecule has 1 fully saturated rings. The van der Waals surface area contributed by atoms with Crippen molar-refractivity contribution in [1.82, 2.24) is 0 Å². The maximum Gasteiger partial charge on any atom is 0.156 e. The van der Waals surface area contributed by atoms with Crippen LogP contribution in [0.2, 0.25) is 0 Å². The fourth-order valence-electron chi connectivity index (χ4n) is 3.74. The number of unbranched alkanes of at least 4 members (excludes halogenated alkanes) is 7. The normalized spacial score (nSPS) is 17.9. The van der Waals surface area contributed by atoms with E-state index in [9.17, 15) is 8.42 Å². The standard InChI is InChI=1S/C19H38O2S/c1-3-5-7-9-11-15-18(14-10-8-6-4-2)22(20,21)19-16-12-13-17-19/h18-19H,3-17H2,1-2H3.